The maximum atomic E-state index is 3.32. The summed E-state index contributed by atoms with van der Waals surface area (Å²) in [5.41, 5.74) is 1.37. The minimum absolute atomic E-state index is 0.478. The second-order valence-corrected chi connectivity index (χ2v) is 3.42. The molecule has 1 nitrogen and oxygen atoms in total. The van der Waals surface area contributed by atoms with Crippen LogP contribution in [0.3, 0.4) is 0 Å². The second-order valence-electron chi connectivity index (χ2n) is 3.42. The zero-order valence-corrected chi connectivity index (χ0v) is 8.04. The van der Waals surface area contributed by atoms with Crippen molar-refractivity contribution >= 4 is 0 Å². The van der Waals surface area contributed by atoms with Gasteiger partial charge in [0.1, 0.15) is 0 Å². The van der Waals surface area contributed by atoms with Gasteiger partial charge in [0.25, 0.3) is 0 Å². The van der Waals surface area contributed by atoms with E-state index in [2.05, 4.69) is 49.5 Å². The quantitative estimate of drug-likeness (QED) is 0.722. The molecule has 1 atom stereocenters. The molecule has 0 saturated heterocycles. The predicted molar refractivity (Wildman–Crippen MR) is 53.1 cm³/mol. The standard InChI is InChI=1S/C11H17N/c1-9(2)11(12-3)10-7-5-4-6-8-10/h4-9,11-12H,1-3H3/t11-/m0/s1. The van der Waals surface area contributed by atoms with Gasteiger partial charge in [0, 0.05) is 6.04 Å². The van der Waals surface area contributed by atoms with Gasteiger partial charge < -0.3 is 5.32 Å². The monoisotopic (exact) mass is 163 g/mol. The van der Waals surface area contributed by atoms with Crippen molar-refractivity contribution in [1.82, 2.24) is 5.32 Å². The van der Waals surface area contributed by atoms with Crippen molar-refractivity contribution < 1.29 is 0 Å². The van der Waals surface area contributed by atoms with Crippen LogP contribution in [0, 0.1) is 5.92 Å². The molecule has 1 N–H and O–H groups in total. The molecule has 0 amide bonds. The smallest absolute Gasteiger partial charge is 0.0340 e. The molecular formula is C11H17N. The lowest BCUT2D eigenvalue weighted by Gasteiger charge is -2.20. The van der Waals surface area contributed by atoms with Gasteiger partial charge in [0.15, 0.2) is 0 Å². The lowest BCUT2D eigenvalue weighted by Crippen LogP contribution is -2.21. The van der Waals surface area contributed by atoms with Crippen LogP contribution in [0.2, 0.25) is 0 Å². The molecule has 66 valence electrons. The second kappa shape index (κ2) is 4.27. The molecule has 1 heteroatoms. The molecule has 1 rings (SSSR count). The van der Waals surface area contributed by atoms with Gasteiger partial charge in [-0.3, -0.25) is 0 Å². The van der Waals surface area contributed by atoms with Gasteiger partial charge in [0.2, 0.25) is 0 Å². The van der Waals surface area contributed by atoms with E-state index in [1.807, 2.05) is 7.05 Å². The van der Waals surface area contributed by atoms with E-state index in [1.165, 1.54) is 5.56 Å². The molecule has 0 bridgehead atoms. The minimum atomic E-state index is 0.478. The molecule has 0 aliphatic carbocycles. The first-order valence-corrected chi connectivity index (χ1v) is 4.48. The van der Waals surface area contributed by atoms with Crippen molar-refractivity contribution in [3.8, 4) is 0 Å². The number of benzene rings is 1. The summed E-state index contributed by atoms with van der Waals surface area (Å²) >= 11 is 0. The van der Waals surface area contributed by atoms with Crippen molar-refractivity contribution in [2.45, 2.75) is 19.9 Å². The topological polar surface area (TPSA) is 12.0 Å². The molecular weight excluding hydrogens is 146 g/mol. The van der Waals surface area contributed by atoms with Gasteiger partial charge >= 0.3 is 0 Å². The number of nitrogens with one attached hydrogen (secondary N) is 1. The van der Waals surface area contributed by atoms with E-state index >= 15 is 0 Å². The first-order chi connectivity index (χ1) is 5.75. The molecule has 0 radical (unpaired) electrons. The average Bonchev–Trinajstić information content (AvgIpc) is 2.07. The molecule has 0 unspecified atom stereocenters. The van der Waals surface area contributed by atoms with Crippen LogP contribution in [0.1, 0.15) is 25.5 Å². The van der Waals surface area contributed by atoms with Gasteiger partial charge in [-0.15, -0.1) is 0 Å². The highest BCUT2D eigenvalue weighted by Gasteiger charge is 2.11. The Bertz CT molecular complexity index is 216. The van der Waals surface area contributed by atoms with Crippen LogP contribution in [0.5, 0.6) is 0 Å². The van der Waals surface area contributed by atoms with Crippen LogP contribution in [0.15, 0.2) is 30.3 Å². The van der Waals surface area contributed by atoms with Crippen molar-refractivity contribution in [2.24, 2.45) is 5.92 Å². The first kappa shape index (κ1) is 9.27. The summed E-state index contributed by atoms with van der Waals surface area (Å²) < 4.78 is 0. The van der Waals surface area contributed by atoms with E-state index in [4.69, 9.17) is 0 Å². The Labute approximate surface area is 74.8 Å². The molecule has 1 aromatic carbocycles. The van der Waals surface area contributed by atoms with E-state index in [1.54, 1.807) is 0 Å². The number of hydrogen-bond donors (Lipinski definition) is 1. The van der Waals surface area contributed by atoms with Crippen molar-refractivity contribution in [3.05, 3.63) is 35.9 Å². The molecule has 0 saturated carbocycles. The van der Waals surface area contributed by atoms with Crippen molar-refractivity contribution in [2.75, 3.05) is 7.05 Å². The highest BCUT2D eigenvalue weighted by Crippen LogP contribution is 2.19. The van der Waals surface area contributed by atoms with Crippen LogP contribution < -0.4 is 5.32 Å². The Hall–Kier alpha value is -0.820. The summed E-state index contributed by atoms with van der Waals surface area (Å²) in [6.07, 6.45) is 0. The summed E-state index contributed by atoms with van der Waals surface area (Å²) in [5, 5.41) is 3.32. The fourth-order valence-electron chi connectivity index (χ4n) is 1.55. The van der Waals surface area contributed by atoms with E-state index in [0.29, 0.717) is 12.0 Å². The molecule has 0 aromatic heterocycles. The summed E-state index contributed by atoms with van der Waals surface area (Å²) in [4.78, 5) is 0. The van der Waals surface area contributed by atoms with Gasteiger partial charge in [0.05, 0.1) is 0 Å². The fourth-order valence-corrected chi connectivity index (χ4v) is 1.55. The van der Waals surface area contributed by atoms with Gasteiger partial charge in [-0.05, 0) is 18.5 Å². The largest absolute Gasteiger partial charge is 0.313 e. The van der Waals surface area contributed by atoms with Crippen LogP contribution in [0.4, 0.5) is 0 Å². The van der Waals surface area contributed by atoms with Crippen molar-refractivity contribution in [3.63, 3.8) is 0 Å². The van der Waals surface area contributed by atoms with Crippen LogP contribution in [-0.4, -0.2) is 7.05 Å². The SMILES string of the molecule is CN[C@H](c1ccccc1)C(C)C. The third-order valence-electron chi connectivity index (χ3n) is 2.14. The zero-order valence-electron chi connectivity index (χ0n) is 8.04. The predicted octanol–water partition coefficient (Wildman–Crippen LogP) is 2.60. The summed E-state index contributed by atoms with van der Waals surface area (Å²) in [5.74, 6) is 0.636. The number of hydrogen-bond acceptors (Lipinski definition) is 1. The third-order valence-corrected chi connectivity index (χ3v) is 2.14. The van der Waals surface area contributed by atoms with Crippen molar-refractivity contribution in [1.29, 1.82) is 0 Å². The highest BCUT2D eigenvalue weighted by atomic mass is 14.9. The lowest BCUT2D eigenvalue weighted by molar-refractivity contribution is 0.443. The zero-order chi connectivity index (χ0) is 8.97. The Morgan fingerprint density at radius 2 is 1.67 bits per heavy atom. The average molecular weight is 163 g/mol. The Morgan fingerprint density at radius 3 is 2.08 bits per heavy atom. The van der Waals surface area contributed by atoms with E-state index in [-0.39, 0.29) is 0 Å². The molecule has 0 fully saturated rings. The summed E-state index contributed by atoms with van der Waals surface area (Å²) in [6.45, 7) is 4.46. The molecule has 0 aliphatic heterocycles. The lowest BCUT2D eigenvalue weighted by atomic mass is 9.96. The van der Waals surface area contributed by atoms with Crippen LogP contribution in [-0.2, 0) is 0 Å². The Kier molecular flexibility index (Phi) is 3.30. The number of rotatable bonds is 3. The highest BCUT2D eigenvalue weighted by molar-refractivity contribution is 5.19. The Morgan fingerprint density at radius 1 is 1.08 bits per heavy atom. The van der Waals surface area contributed by atoms with Crippen LogP contribution >= 0.6 is 0 Å². The summed E-state index contributed by atoms with van der Waals surface area (Å²) in [7, 11) is 2.01. The van der Waals surface area contributed by atoms with E-state index in [9.17, 15) is 0 Å². The molecule has 0 aliphatic rings. The maximum absolute atomic E-state index is 3.32. The Balaban J connectivity index is 2.80. The fraction of sp³-hybridized carbons (Fsp3) is 0.455. The van der Waals surface area contributed by atoms with E-state index < -0.39 is 0 Å². The maximum Gasteiger partial charge on any atom is 0.0340 e. The first-order valence-electron chi connectivity index (χ1n) is 4.48. The van der Waals surface area contributed by atoms with E-state index in [0.717, 1.165) is 0 Å². The molecule has 0 heterocycles. The van der Waals surface area contributed by atoms with Gasteiger partial charge in [-0.1, -0.05) is 44.2 Å². The van der Waals surface area contributed by atoms with Crippen LogP contribution in [0.25, 0.3) is 0 Å². The minimum Gasteiger partial charge on any atom is -0.313 e. The molecule has 1 aromatic rings. The molecule has 12 heavy (non-hydrogen) atoms. The van der Waals surface area contributed by atoms with Gasteiger partial charge in [-0.25, -0.2) is 0 Å². The normalized spacial score (nSPS) is 13.3. The summed E-state index contributed by atoms with van der Waals surface area (Å²) in [6, 6.07) is 11.0. The third kappa shape index (κ3) is 2.08. The van der Waals surface area contributed by atoms with Gasteiger partial charge in [-0.2, -0.15) is 0 Å². The molecule has 0 spiro atoms.